The molecule has 2 aliphatic rings. The van der Waals surface area contributed by atoms with Crippen LogP contribution in [0.1, 0.15) is 51.3 Å². The lowest BCUT2D eigenvalue weighted by Crippen LogP contribution is -2.45. The van der Waals surface area contributed by atoms with Gasteiger partial charge in [-0.25, -0.2) is 13.8 Å². The summed E-state index contributed by atoms with van der Waals surface area (Å²) in [5.41, 5.74) is 7.16. The number of benzene rings is 1. The van der Waals surface area contributed by atoms with E-state index in [1.807, 2.05) is 6.07 Å². The van der Waals surface area contributed by atoms with Crippen LogP contribution in [0.3, 0.4) is 0 Å². The SMILES string of the molecule is CC[C@@H]1COCCN1c1cc(-n2c(C(F)F)nc3ccccc32)nc(NCC2CCC(N)CC2)n1. The van der Waals surface area contributed by atoms with Crippen LogP contribution in [-0.2, 0) is 4.74 Å². The Bertz CT molecular complexity index is 1150. The van der Waals surface area contributed by atoms with E-state index in [0.717, 1.165) is 38.6 Å². The predicted molar refractivity (Wildman–Crippen MR) is 132 cm³/mol. The van der Waals surface area contributed by atoms with Crippen LogP contribution in [0, 0.1) is 5.92 Å². The van der Waals surface area contributed by atoms with E-state index in [2.05, 4.69) is 22.1 Å². The largest absolute Gasteiger partial charge is 0.377 e. The highest BCUT2D eigenvalue weighted by molar-refractivity contribution is 5.78. The van der Waals surface area contributed by atoms with Gasteiger partial charge in [-0.2, -0.15) is 9.97 Å². The molecule has 1 aliphatic carbocycles. The van der Waals surface area contributed by atoms with Gasteiger partial charge in [-0.05, 0) is 50.2 Å². The maximum atomic E-state index is 14.1. The number of morpholine rings is 1. The summed E-state index contributed by atoms with van der Waals surface area (Å²) in [6, 6.07) is 9.38. The van der Waals surface area contributed by atoms with Crippen molar-refractivity contribution < 1.29 is 13.5 Å². The van der Waals surface area contributed by atoms with Crippen LogP contribution >= 0.6 is 0 Å². The molecule has 10 heteroatoms. The summed E-state index contributed by atoms with van der Waals surface area (Å²) in [6.07, 6.45) is 2.30. The number of hydrogen-bond donors (Lipinski definition) is 2. The van der Waals surface area contributed by atoms with E-state index >= 15 is 0 Å². The molecular weight excluding hydrogens is 452 g/mol. The lowest BCUT2D eigenvalue weighted by molar-refractivity contribution is 0.0925. The summed E-state index contributed by atoms with van der Waals surface area (Å²) in [7, 11) is 0. The molecule has 3 aromatic rings. The zero-order chi connectivity index (χ0) is 24.4. The van der Waals surface area contributed by atoms with Crippen molar-refractivity contribution in [1.29, 1.82) is 0 Å². The van der Waals surface area contributed by atoms with Crippen LogP contribution in [0.25, 0.3) is 16.9 Å². The Kier molecular flexibility index (Phi) is 7.10. The number of halogens is 2. The average molecular weight is 486 g/mol. The minimum atomic E-state index is -2.74. The summed E-state index contributed by atoms with van der Waals surface area (Å²) in [4.78, 5) is 15.9. The highest BCUT2D eigenvalue weighted by atomic mass is 19.3. The smallest absolute Gasteiger partial charge is 0.296 e. The van der Waals surface area contributed by atoms with Crippen molar-refractivity contribution in [2.24, 2.45) is 11.7 Å². The van der Waals surface area contributed by atoms with Gasteiger partial charge in [-0.1, -0.05) is 19.1 Å². The average Bonchev–Trinajstić information content (AvgIpc) is 3.28. The fourth-order valence-corrected chi connectivity index (χ4v) is 5.12. The van der Waals surface area contributed by atoms with Crippen LogP contribution in [0.15, 0.2) is 30.3 Å². The number of nitrogens with one attached hydrogen (secondary N) is 1. The monoisotopic (exact) mass is 485 g/mol. The second kappa shape index (κ2) is 10.4. The number of ether oxygens (including phenoxy) is 1. The molecule has 3 heterocycles. The van der Waals surface area contributed by atoms with E-state index in [1.54, 1.807) is 24.3 Å². The van der Waals surface area contributed by atoms with Gasteiger partial charge in [0.1, 0.15) is 11.6 Å². The number of nitrogens with two attached hydrogens (primary N) is 1. The maximum absolute atomic E-state index is 14.1. The Hall–Kier alpha value is -2.85. The summed E-state index contributed by atoms with van der Waals surface area (Å²) < 4.78 is 35.3. The Morgan fingerprint density at radius 2 is 1.89 bits per heavy atom. The molecule has 0 spiro atoms. The van der Waals surface area contributed by atoms with Gasteiger partial charge in [-0.3, -0.25) is 4.57 Å². The molecule has 1 aliphatic heterocycles. The first-order valence-electron chi connectivity index (χ1n) is 12.5. The van der Waals surface area contributed by atoms with Crippen LogP contribution < -0.4 is 16.0 Å². The molecule has 3 N–H and O–H groups in total. The molecule has 0 unspecified atom stereocenters. The van der Waals surface area contributed by atoms with Crippen LogP contribution in [-0.4, -0.2) is 57.9 Å². The molecule has 0 bridgehead atoms. The number of aromatic nitrogens is 4. The number of nitrogens with zero attached hydrogens (tertiary/aromatic N) is 5. The summed E-state index contributed by atoms with van der Waals surface area (Å²) in [5, 5.41) is 3.40. The predicted octanol–water partition coefficient (Wildman–Crippen LogP) is 4.30. The summed E-state index contributed by atoms with van der Waals surface area (Å²) in [5.74, 6) is 1.69. The van der Waals surface area contributed by atoms with Crippen molar-refractivity contribution in [3.8, 4) is 5.82 Å². The Morgan fingerprint density at radius 1 is 1.11 bits per heavy atom. The topological polar surface area (TPSA) is 94.1 Å². The van der Waals surface area contributed by atoms with Crippen molar-refractivity contribution in [1.82, 2.24) is 19.5 Å². The molecule has 1 atom stereocenters. The lowest BCUT2D eigenvalue weighted by Gasteiger charge is -2.36. The molecule has 1 aromatic carbocycles. The second-order valence-corrected chi connectivity index (χ2v) is 9.49. The fourth-order valence-electron chi connectivity index (χ4n) is 5.12. The van der Waals surface area contributed by atoms with Gasteiger partial charge in [-0.15, -0.1) is 0 Å². The molecule has 1 saturated heterocycles. The number of alkyl halides is 2. The number of imidazole rings is 1. The van der Waals surface area contributed by atoms with E-state index < -0.39 is 6.43 Å². The maximum Gasteiger partial charge on any atom is 0.296 e. The summed E-state index contributed by atoms with van der Waals surface area (Å²) >= 11 is 0. The van der Waals surface area contributed by atoms with Crippen LogP contribution in [0.4, 0.5) is 20.5 Å². The van der Waals surface area contributed by atoms with Gasteiger partial charge in [0.15, 0.2) is 5.82 Å². The van der Waals surface area contributed by atoms with Gasteiger partial charge < -0.3 is 20.7 Å². The number of para-hydroxylation sites is 2. The van der Waals surface area contributed by atoms with Gasteiger partial charge in [0.25, 0.3) is 6.43 Å². The third kappa shape index (κ3) is 5.08. The lowest BCUT2D eigenvalue weighted by atomic mass is 9.86. The first kappa shape index (κ1) is 23.9. The van der Waals surface area contributed by atoms with Crippen molar-refractivity contribution in [3.63, 3.8) is 0 Å². The number of rotatable bonds is 7. The van der Waals surface area contributed by atoms with Crippen LogP contribution in [0.2, 0.25) is 0 Å². The van der Waals surface area contributed by atoms with Gasteiger partial charge in [0.05, 0.1) is 30.3 Å². The number of anilines is 2. The molecule has 2 fully saturated rings. The van der Waals surface area contributed by atoms with E-state index in [0.29, 0.717) is 54.3 Å². The van der Waals surface area contributed by atoms with Crippen molar-refractivity contribution in [2.75, 3.05) is 36.5 Å². The third-order valence-electron chi connectivity index (χ3n) is 7.14. The Morgan fingerprint density at radius 3 is 2.66 bits per heavy atom. The quantitative estimate of drug-likeness (QED) is 0.515. The molecule has 8 nitrogen and oxygen atoms in total. The fraction of sp³-hybridized carbons (Fsp3) is 0.560. The normalized spacial score (nSPS) is 23.2. The van der Waals surface area contributed by atoms with E-state index in [9.17, 15) is 8.78 Å². The van der Waals surface area contributed by atoms with Crippen molar-refractivity contribution in [2.45, 2.75) is 57.5 Å². The van der Waals surface area contributed by atoms with E-state index in [1.165, 1.54) is 4.57 Å². The molecule has 0 radical (unpaired) electrons. The van der Waals surface area contributed by atoms with E-state index in [4.69, 9.17) is 20.4 Å². The summed E-state index contributed by atoms with van der Waals surface area (Å²) in [6.45, 7) is 4.72. The van der Waals surface area contributed by atoms with Crippen molar-refractivity contribution >= 4 is 22.8 Å². The Balaban J connectivity index is 1.55. The van der Waals surface area contributed by atoms with E-state index in [-0.39, 0.29) is 17.9 Å². The molecule has 1 saturated carbocycles. The molecule has 5 rings (SSSR count). The van der Waals surface area contributed by atoms with Crippen molar-refractivity contribution in [3.05, 3.63) is 36.2 Å². The molecule has 188 valence electrons. The minimum Gasteiger partial charge on any atom is -0.377 e. The third-order valence-corrected chi connectivity index (χ3v) is 7.14. The van der Waals surface area contributed by atoms with Crippen LogP contribution in [0.5, 0.6) is 0 Å². The highest BCUT2D eigenvalue weighted by Crippen LogP contribution is 2.30. The van der Waals surface area contributed by atoms with Gasteiger partial charge in [0.2, 0.25) is 5.95 Å². The Labute approximate surface area is 203 Å². The number of hydrogen-bond acceptors (Lipinski definition) is 7. The first-order valence-corrected chi connectivity index (χ1v) is 12.5. The molecule has 0 amide bonds. The number of fused-ring (bicyclic) bond motifs is 1. The highest BCUT2D eigenvalue weighted by Gasteiger charge is 2.27. The standard InChI is InChI=1S/C25H33F2N7O/c1-2-18-15-35-12-11-33(18)21-13-22(32-25(31-21)29-14-16-7-9-17(28)10-8-16)34-20-6-4-3-5-19(20)30-24(34)23(26)27/h3-6,13,16-18,23H,2,7-12,14-15,28H2,1H3,(H,29,31,32)/t16?,17?,18-/m1/s1. The minimum absolute atomic E-state index is 0.160. The first-order chi connectivity index (χ1) is 17.0. The zero-order valence-electron chi connectivity index (χ0n) is 20.0. The molecular formula is C25H33F2N7O. The van der Waals surface area contributed by atoms with Gasteiger partial charge >= 0.3 is 0 Å². The molecule has 2 aromatic heterocycles. The van der Waals surface area contributed by atoms with Gasteiger partial charge in [0, 0.05) is 25.2 Å². The zero-order valence-corrected chi connectivity index (χ0v) is 20.0. The second-order valence-electron chi connectivity index (χ2n) is 9.49. The molecule has 35 heavy (non-hydrogen) atoms.